The molecule has 33 heavy (non-hydrogen) atoms. The third-order valence-electron chi connectivity index (χ3n) is 4.22. The molecule has 16 nitrogen and oxygen atoms in total. The smallest absolute Gasteiger partial charge is 0.408 e. The van der Waals surface area contributed by atoms with E-state index in [0.717, 1.165) is 0 Å². The number of carbonyl (C=O) groups excluding carboxylic acids is 2. The van der Waals surface area contributed by atoms with Crippen LogP contribution in [-0.4, -0.2) is 99.0 Å². The molecule has 1 heterocycles. The highest BCUT2D eigenvalue weighted by atomic mass is 16.7. The Hall–Kier alpha value is -2.79. The van der Waals surface area contributed by atoms with E-state index in [4.69, 9.17) is 19.9 Å². The second kappa shape index (κ2) is 12.4. The van der Waals surface area contributed by atoms with Gasteiger partial charge in [0.1, 0.15) is 47.8 Å². The summed E-state index contributed by atoms with van der Waals surface area (Å²) in [5.41, 5.74) is 4.45. The standard InChI is InChI=1S/C17H31N5O11/c1-17(2,3)33-16(28)20-8(5-4-6-19-15(18)21-22(29)30)13(26)31-7-9-10(23)11(24)12(25)14(27)32-9/h8-12,14,23-25,27H,4-7H2,1-3H3,(H,20,28)(H3,18,19,21)/t8-,9+,10+,11+,12-,14+/m1/s1. The van der Waals surface area contributed by atoms with Gasteiger partial charge in [-0.05, 0) is 33.6 Å². The predicted octanol–water partition coefficient (Wildman–Crippen LogP) is -2.90. The summed E-state index contributed by atoms with van der Waals surface area (Å²) in [7, 11) is 0. The van der Waals surface area contributed by atoms with Gasteiger partial charge in [-0.25, -0.2) is 19.7 Å². The van der Waals surface area contributed by atoms with E-state index in [9.17, 15) is 40.1 Å². The molecule has 1 aliphatic rings. The Morgan fingerprint density at radius 2 is 1.85 bits per heavy atom. The third-order valence-corrected chi connectivity index (χ3v) is 4.22. The lowest BCUT2D eigenvalue weighted by Crippen LogP contribution is -2.59. The SMILES string of the molecule is CC(C)(C)OC(=O)N[C@H](CCCNC(N)=N[N+](=O)[O-])C(=O)OC[C@@H]1O[C@H](O)[C@H](O)[C@@H](O)[C@H]1O. The maximum atomic E-state index is 12.5. The van der Waals surface area contributed by atoms with E-state index in [0.29, 0.717) is 0 Å². The second-order valence-electron chi connectivity index (χ2n) is 8.16. The Balaban J connectivity index is 2.71. The Bertz CT molecular complexity index is 714. The summed E-state index contributed by atoms with van der Waals surface area (Å²) in [6.45, 7) is 4.33. The Morgan fingerprint density at radius 1 is 1.21 bits per heavy atom. The number of aliphatic hydroxyl groups excluding tert-OH is 4. The number of hydrogen-bond acceptors (Lipinski definition) is 11. The van der Waals surface area contributed by atoms with Crippen molar-refractivity contribution in [1.82, 2.24) is 10.6 Å². The number of carbonyl (C=O) groups is 2. The molecule has 0 aromatic heterocycles. The van der Waals surface area contributed by atoms with Gasteiger partial charge in [0.15, 0.2) is 11.3 Å². The van der Waals surface area contributed by atoms with Crippen molar-refractivity contribution in [3.8, 4) is 0 Å². The normalized spacial score (nSPS) is 26.8. The lowest BCUT2D eigenvalue weighted by molar-refractivity contribution is -0.485. The highest BCUT2D eigenvalue weighted by Gasteiger charge is 2.43. The van der Waals surface area contributed by atoms with Crippen molar-refractivity contribution in [1.29, 1.82) is 0 Å². The fraction of sp³-hybridized carbons (Fsp3) is 0.824. The molecule has 6 atom stereocenters. The summed E-state index contributed by atoms with van der Waals surface area (Å²) >= 11 is 0. The topological polar surface area (TPSA) is 248 Å². The van der Waals surface area contributed by atoms with E-state index in [1.54, 1.807) is 20.8 Å². The number of hydrazone groups is 1. The summed E-state index contributed by atoms with van der Waals surface area (Å²) < 4.78 is 15.1. The molecule has 0 aromatic carbocycles. The van der Waals surface area contributed by atoms with Gasteiger partial charge in [0.2, 0.25) is 0 Å². The minimum Gasteiger partial charge on any atom is -0.461 e. The average Bonchev–Trinajstić information content (AvgIpc) is 2.68. The molecule has 0 saturated carbocycles. The summed E-state index contributed by atoms with van der Waals surface area (Å²) in [5.74, 6) is -1.39. The largest absolute Gasteiger partial charge is 0.461 e. The van der Waals surface area contributed by atoms with E-state index >= 15 is 0 Å². The molecule has 1 aliphatic heterocycles. The molecule has 190 valence electrons. The number of alkyl carbamates (subject to hydrolysis) is 1. The van der Waals surface area contributed by atoms with Gasteiger partial charge in [-0.15, -0.1) is 0 Å². The highest BCUT2D eigenvalue weighted by Crippen LogP contribution is 2.20. The molecule has 8 N–H and O–H groups in total. The fourth-order valence-corrected chi connectivity index (χ4v) is 2.68. The number of guanidine groups is 1. The van der Waals surface area contributed by atoms with Crippen molar-refractivity contribution in [3.63, 3.8) is 0 Å². The van der Waals surface area contributed by atoms with Crippen LogP contribution >= 0.6 is 0 Å². The van der Waals surface area contributed by atoms with Gasteiger partial charge in [0.25, 0.3) is 5.96 Å². The molecule has 16 heteroatoms. The number of aliphatic hydroxyl groups is 4. The Morgan fingerprint density at radius 3 is 2.42 bits per heavy atom. The van der Waals surface area contributed by atoms with Crippen molar-refractivity contribution in [2.75, 3.05) is 13.2 Å². The number of ether oxygens (including phenoxy) is 3. The molecule has 0 radical (unpaired) electrons. The number of nitrogens with two attached hydrogens (primary N) is 1. The number of nitro groups is 1. The predicted molar refractivity (Wildman–Crippen MR) is 109 cm³/mol. The van der Waals surface area contributed by atoms with Crippen molar-refractivity contribution < 1.29 is 49.3 Å². The molecule has 1 saturated heterocycles. The molecule has 0 spiro atoms. The van der Waals surface area contributed by atoms with Crippen molar-refractivity contribution >= 4 is 18.0 Å². The van der Waals surface area contributed by atoms with E-state index in [2.05, 4.69) is 15.7 Å². The third kappa shape index (κ3) is 10.1. The number of rotatable bonds is 9. The van der Waals surface area contributed by atoms with Crippen molar-refractivity contribution in [3.05, 3.63) is 10.1 Å². The number of hydrogen-bond donors (Lipinski definition) is 7. The van der Waals surface area contributed by atoms with Gasteiger partial charge in [-0.1, -0.05) is 0 Å². The lowest BCUT2D eigenvalue weighted by Gasteiger charge is -2.38. The van der Waals surface area contributed by atoms with Crippen molar-refractivity contribution in [2.45, 2.75) is 76.0 Å². The quantitative estimate of drug-likeness (QED) is 0.0436. The minimum absolute atomic E-state index is 0.00510. The summed E-state index contributed by atoms with van der Waals surface area (Å²) in [6, 6.07) is -1.23. The molecule has 0 aliphatic carbocycles. The van der Waals surface area contributed by atoms with Gasteiger partial charge in [-0.2, -0.15) is 0 Å². The van der Waals surface area contributed by atoms with Crippen LogP contribution in [0.1, 0.15) is 33.6 Å². The van der Waals surface area contributed by atoms with Crippen LogP contribution < -0.4 is 16.4 Å². The molecule has 0 aromatic rings. The summed E-state index contributed by atoms with van der Waals surface area (Å²) in [5, 5.41) is 55.6. The van der Waals surface area contributed by atoms with E-state index in [1.807, 2.05) is 0 Å². The Labute approximate surface area is 188 Å². The van der Waals surface area contributed by atoms with Crippen molar-refractivity contribution in [2.24, 2.45) is 10.8 Å². The zero-order chi connectivity index (χ0) is 25.3. The molecular weight excluding hydrogens is 450 g/mol. The first kappa shape index (κ1) is 28.2. The number of amides is 1. The first-order chi connectivity index (χ1) is 15.2. The van der Waals surface area contributed by atoms with Crippen LogP contribution in [0.5, 0.6) is 0 Å². The van der Waals surface area contributed by atoms with Gasteiger partial charge < -0.3 is 51.0 Å². The molecule has 1 rings (SSSR count). The van der Waals surface area contributed by atoms with Crippen LogP contribution in [-0.2, 0) is 19.0 Å². The zero-order valence-corrected chi connectivity index (χ0v) is 18.4. The monoisotopic (exact) mass is 481 g/mol. The second-order valence-corrected chi connectivity index (χ2v) is 8.16. The van der Waals surface area contributed by atoms with Crippen LogP contribution in [0.15, 0.2) is 5.10 Å². The van der Waals surface area contributed by atoms with E-state index in [-0.39, 0.29) is 19.4 Å². The van der Waals surface area contributed by atoms with Crippen LogP contribution in [0.25, 0.3) is 0 Å². The van der Waals surface area contributed by atoms with E-state index < -0.39 is 72.0 Å². The molecule has 0 bridgehead atoms. The first-order valence-electron chi connectivity index (χ1n) is 9.97. The van der Waals surface area contributed by atoms with Crippen LogP contribution in [0, 0.1) is 10.1 Å². The van der Waals surface area contributed by atoms with Crippen LogP contribution in [0.2, 0.25) is 0 Å². The maximum Gasteiger partial charge on any atom is 0.408 e. The first-order valence-corrected chi connectivity index (χ1v) is 9.97. The molecule has 0 unspecified atom stereocenters. The lowest BCUT2D eigenvalue weighted by atomic mass is 9.99. The van der Waals surface area contributed by atoms with Gasteiger partial charge in [-0.3, -0.25) is 0 Å². The zero-order valence-electron chi connectivity index (χ0n) is 18.4. The van der Waals surface area contributed by atoms with Gasteiger partial charge >= 0.3 is 12.1 Å². The average molecular weight is 481 g/mol. The maximum absolute atomic E-state index is 12.5. The number of nitrogens with zero attached hydrogens (tertiary/aromatic N) is 2. The van der Waals surface area contributed by atoms with E-state index in [1.165, 1.54) is 0 Å². The molecule has 1 amide bonds. The molecular formula is C17H31N5O11. The van der Waals surface area contributed by atoms with Crippen LogP contribution in [0.4, 0.5) is 4.79 Å². The summed E-state index contributed by atoms with van der Waals surface area (Å²) in [4.78, 5) is 34.9. The number of esters is 1. The van der Waals surface area contributed by atoms with Gasteiger partial charge in [0, 0.05) is 6.54 Å². The fourth-order valence-electron chi connectivity index (χ4n) is 2.68. The number of nitrogens with one attached hydrogen (secondary N) is 2. The minimum atomic E-state index is -1.81. The van der Waals surface area contributed by atoms with Gasteiger partial charge in [0.05, 0.1) is 0 Å². The highest BCUT2D eigenvalue weighted by molar-refractivity contribution is 5.81. The Kier molecular flexibility index (Phi) is 10.7. The summed E-state index contributed by atoms with van der Waals surface area (Å²) in [6.07, 6.45) is -9.00. The van der Waals surface area contributed by atoms with Crippen LogP contribution in [0.3, 0.4) is 0 Å². The molecule has 1 fully saturated rings.